The van der Waals surface area contributed by atoms with Crippen LogP contribution < -0.4 is 5.32 Å². The molecule has 0 bridgehead atoms. The van der Waals surface area contributed by atoms with Gasteiger partial charge in [-0.1, -0.05) is 25.6 Å². The molecule has 0 unspecified atom stereocenters. The third-order valence-electron chi connectivity index (χ3n) is 2.16. The standard InChI is InChI=1S/C13H15BrN2O3Si/c1-9(17)15-12-7-10(5-6-20(2,3)4)13(16(18)19)8-11(12)14/h7-8H,1-4H3,(H,15,17). The molecule has 0 heterocycles. The van der Waals surface area contributed by atoms with Gasteiger partial charge in [0.25, 0.3) is 5.69 Å². The molecule has 1 rings (SSSR count). The fourth-order valence-corrected chi connectivity index (χ4v) is 2.29. The number of carbonyl (C=O) groups excluding carboxylic acids is 1. The molecule has 0 saturated carbocycles. The molecular weight excluding hydrogens is 340 g/mol. The second kappa shape index (κ2) is 6.20. The van der Waals surface area contributed by atoms with E-state index in [1.807, 2.05) is 0 Å². The van der Waals surface area contributed by atoms with Crippen molar-refractivity contribution in [1.29, 1.82) is 0 Å². The van der Waals surface area contributed by atoms with Crippen molar-refractivity contribution >= 4 is 41.3 Å². The fourth-order valence-electron chi connectivity index (χ4n) is 1.35. The lowest BCUT2D eigenvalue weighted by atomic mass is 10.1. The first kappa shape index (κ1) is 16.4. The minimum absolute atomic E-state index is 0.0725. The van der Waals surface area contributed by atoms with Crippen molar-refractivity contribution in [2.24, 2.45) is 0 Å². The molecule has 0 radical (unpaired) electrons. The van der Waals surface area contributed by atoms with Crippen LogP contribution >= 0.6 is 15.9 Å². The third-order valence-corrected chi connectivity index (χ3v) is 3.70. The fraction of sp³-hybridized carbons (Fsp3) is 0.308. The highest BCUT2D eigenvalue weighted by Crippen LogP contribution is 2.30. The number of carbonyl (C=O) groups is 1. The topological polar surface area (TPSA) is 72.2 Å². The van der Waals surface area contributed by atoms with Gasteiger partial charge in [-0.3, -0.25) is 14.9 Å². The number of nitrogens with one attached hydrogen (secondary N) is 1. The molecule has 106 valence electrons. The Morgan fingerprint density at radius 3 is 2.45 bits per heavy atom. The molecule has 0 aliphatic carbocycles. The zero-order valence-corrected chi connectivity index (χ0v) is 14.3. The molecule has 0 saturated heterocycles. The van der Waals surface area contributed by atoms with E-state index in [1.165, 1.54) is 19.1 Å². The molecule has 0 atom stereocenters. The van der Waals surface area contributed by atoms with Crippen molar-refractivity contribution in [2.75, 3.05) is 5.32 Å². The van der Waals surface area contributed by atoms with Crippen LogP contribution in [0.5, 0.6) is 0 Å². The lowest BCUT2D eigenvalue weighted by Crippen LogP contribution is -2.16. The summed E-state index contributed by atoms with van der Waals surface area (Å²) in [5.41, 5.74) is 3.80. The van der Waals surface area contributed by atoms with Gasteiger partial charge in [-0.15, -0.1) is 5.54 Å². The van der Waals surface area contributed by atoms with Gasteiger partial charge in [0, 0.05) is 17.5 Å². The molecule has 0 aliphatic heterocycles. The van der Waals surface area contributed by atoms with Crippen LogP contribution in [0.15, 0.2) is 16.6 Å². The summed E-state index contributed by atoms with van der Waals surface area (Å²) in [5, 5.41) is 13.7. The van der Waals surface area contributed by atoms with Gasteiger partial charge in [-0.25, -0.2) is 0 Å². The smallest absolute Gasteiger partial charge is 0.286 e. The lowest BCUT2D eigenvalue weighted by Gasteiger charge is -2.07. The van der Waals surface area contributed by atoms with E-state index in [2.05, 4.69) is 52.4 Å². The van der Waals surface area contributed by atoms with Crippen molar-refractivity contribution in [3.05, 3.63) is 32.3 Å². The Morgan fingerprint density at radius 1 is 1.40 bits per heavy atom. The average molecular weight is 355 g/mol. The van der Waals surface area contributed by atoms with Crippen molar-refractivity contribution in [3.8, 4) is 11.5 Å². The Balaban J connectivity index is 3.40. The summed E-state index contributed by atoms with van der Waals surface area (Å²) in [6.45, 7) is 7.54. The Hall–Kier alpha value is -1.65. The lowest BCUT2D eigenvalue weighted by molar-refractivity contribution is -0.385. The second-order valence-corrected chi connectivity index (χ2v) is 10.9. The first-order valence-corrected chi connectivity index (χ1v) is 10.2. The van der Waals surface area contributed by atoms with Gasteiger partial charge in [-0.2, -0.15) is 0 Å². The van der Waals surface area contributed by atoms with Crippen LogP contribution in [0.4, 0.5) is 11.4 Å². The molecule has 0 spiro atoms. The summed E-state index contributed by atoms with van der Waals surface area (Å²) >= 11 is 3.21. The van der Waals surface area contributed by atoms with Crippen LogP contribution in [0.25, 0.3) is 0 Å². The van der Waals surface area contributed by atoms with Crippen LogP contribution in [0.3, 0.4) is 0 Å². The first-order valence-electron chi connectivity index (χ1n) is 5.89. The number of hydrogen-bond acceptors (Lipinski definition) is 3. The largest absolute Gasteiger partial charge is 0.325 e. The van der Waals surface area contributed by atoms with Gasteiger partial charge in [-0.05, 0) is 22.0 Å². The number of nitro benzene ring substituents is 1. The van der Waals surface area contributed by atoms with Gasteiger partial charge in [0.15, 0.2) is 0 Å². The summed E-state index contributed by atoms with van der Waals surface area (Å²) < 4.78 is 0.456. The summed E-state index contributed by atoms with van der Waals surface area (Å²) in [6.07, 6.45) is 0. The van der Waals surface area contributed by atoms with E-state index in [0.717, 1.165) is 0 Å². The maximum absolute atomic E-state index is 11.1. The van der Waals surface area contributed by atoms with Crippen LogP contribution in [0.1, 0.15) is 12.5 Å². The third kappa shape index (κ3) is 4.79. The zero-order chi connectivity index (χ0) is 15.5. The Bertz CT molecular complexity index is 627. The monoisotopic (exact) mass is 354 g/mol. The molecule has 20 heavy (non-hydrogen) atoms. The number of amides is 1. The van der Waals surface area contributed by atoms with Crippen LogP contribution in [0, 0.1) is 21.6 Å². The number of hydrogen-bond donors (Lipinski definition) is 1. The van der Waals surface area contributed by atoms with Gasteiger partial charge in [0.1, 0.15) is 13.6 Å². The van der Waals surface area contributed by atoms with E-state index in [4.69, 9.17) is 0 Å². The van der Waals surface area contributed by atoms with Crippen molar-refractivity contribution in [2.45, 2.75) is 26.6 Å². The minimum atomic E-state index is -1.64. The molecular formula is C13H15BrN2O3Si. The van der Waals surface area contributed by atoms with E-state index >= 15 is 0 Å². The molecule has 1 aromatic carbocycles. The number of rotatable bonds is 2. The van der Waals surface area contributed by atoms with Gasteiger partial charge in [0.05, 0.1) is 10.6 Å². The Morgan fingerprint density at radius 2 is 2.00 bits per heavy atom. The Labute approximate surface area is 127 Å². The number of benzene rings is 1. The predicted octanol–water partition coefficient (Wildman–Crippen LogP) is 3.54. The highest BCUT2D eigenvalue weighted by Gasteiger charge is 2.17. The van der Waals surface area contributed by atoms with E-state index in [1.54, 1.807) is 0 Å². The van der Waals surface area contributed by atoms with Crippen molar-refractivity contribution in [3.63, 3.8) is 0 Å². The predicted molar refractivity (Wildman–Crippen MR) is 85.3 cm³/mol. The summed E-state index contributed by atoms with van der Waals surface area (Å²) in [5.74, 6) is 2.63. The van der Waals surface area contributed by atoms with E-state index in [-0.39, 0.29) is 11.6 Å². The quantitative estimate of drug-likeness (QED) is 0.382. The highest BCUT2D eigenvalue weighted by atomic mass is 79.9. The van der Waals surface area contributed by atoms with Crippen LogP contribution in [-0.4, -0.2) is 18.9 Å². The van der Waals surface area contributed by atoms with E-state index in [0.29, 0.717) is 15.7 Å². The van der Waals surface area contributed by atoms with Gasteiger partial charge < -0.3 is 5.32 Å². The summed E-state index contributed by atoms with van der Waals surface area (Å²) in [6, 6.07) is 2.89. The average Bonchev–Trinajstić information content (AvgIpc) is 2.27. The SMILES string of the molecule is CC(=O)Nc1cc(C#C[Si](C)(C)C)c([N+](=O)[O-])cc1Br. The summed E-state index contributed by atoms with van der Waals surface area (Å²) in [4.78, 5) is 21.7. The number of nitrogens with zero attached hydrogens (tertiary/aromatic N) is 1. The van der Waals surface area contributed by atoms with Gasteiger partial charge in [0.2, 0.25) is 5.91 Å². The van der Waals surface area contributed by atoms with Crippen molar-refractivity contribution < 1.29 is 9.72 Å². The first-order chi connectivity index (χ1) is 9.10. The minimum Gasteiger partial charge on any atom is -0.325 e. The number of nitro groups is 1. The highest BCUT2D eigenvalue weighted by molar-refractivity contribution is 9.10. The molecule has 1 aromatic rings. The van der Waals surface area contributed by atoms with Crippen molar-refractivity contribution in [1.82, 2.24) is 0 Å². The molecule has 1 N–H and O–H groups in total. The molecule has 0 aromatic heterocycles. The van der Waals surface area contributed by atoms with E-state index in [9.17, 15) is 14.9 Å². The van der Waals surface area contributed by atoms with Crippen LogP contribution in [0.2, 0.25) is 19.6 Å². The normalized spacial score (nSPS) is 10.4. The molecule has 0 aliphatic rings. The maximum atomic E-state index is 11.1. The maximum Gasteiger partial charge on any atom is 0.286 e. The molecule has 0 fully saturated rings. The second-order valence-electron chi connectivity index (χ2n) is 5.29. The van der Waals surface area contributed by atoms with Crippen LogP contribution in [-0.2, 0) is 4.79 Å². The Kier molecular flexibility index (Phi) is 5.08. The zero-order valence-electron chi connectivity index (χ0n) is 11.7. The number of anilines is 1. The van der Waals surface area contributed by atoms with E-state index < -0.39 is 13.0 Å². The summed E-state index contributed by atoms with van der Waals surface area (Å²) in [7, 11) is -1.64. The molecule has 7 heteroatoms. The van der Waals surface area contributed by atoms with Gasteiger partial charge >= 0.3 is 0 Å². The number of halogens is 1. The molecule has 1 amide bonds. The molecule has 5 nitrogen and oxygen atoms in total.